The number of hydrogen-bond acceptors (Lipinski definition) is 3. The van der Waals surface area contributed by atoms with E-state index in [1.54, 1.807) is 13.8 Å². The van der Waals surface area contributed by atoms with Crippen molar-refractivity contribution in [1.29, 1.82) is 0 Å². The molecule has 4 nitrogen and oxygen atoms in total. The van der Waals surface area contributed by atoms with E-state index in [1.165, 1.54) is 0 Å². The van der Waals surface area contributed by atoms with Gasteiger partial charge < -0.3 is 5.73 Å². The highest BCUT2D eigenvalue weighted by molar-refractivity contribution is 7.90. The fourth-order valence-electron chi connectivity index (χ4n) is 2.21. The maximum Gasteiger partial charge on any atom is 0.213 e. The molecule has 23 heavy (non-hydrogen) atoms. The lowest BCUT2D eigenvalue weighted by molar-refractivity contribution is 0.566. The van der Waals surface area contributed by atoms with Crippen molar-refractivity contribution in [3.05, 3.63) is 54.1 Å². The SMILES string of the molecule is CC(C)S(=O)(=O)NC[C@@H](C)c1ccc(-c2ccc(N)cc2)cc1. The van der Waals surface area contributed by atoms with Crippen molar-refractivity contribution in [2.24, 2.45) is 0 Å². The number of sulfonamides is 1. The highest BCUT2D eigenvalue weighted by atomic mass is 32.2. The summed E-state index contributed by atoms with van der Waals surface area (Å²) in [7, 11) is -3.22. The fraction of sp³-hybridized carbons (Fsp3) is 0.333. The monoisotopic (exact) mass is 332 g/mol. The largest absolute Gasteiger partial charge is 0.399 e. The van der Waals surface area contributed by atoms with Gasteiger partial charge in [-0.05, 0) is 48.6 Å². The number of anilines is 1. The zero-order valence-electron chi connectivity index (χ0n) is 13.8. The van der Waals surface area contributed by atoms with E-state index in [0.717, 1.165) is 22.4 Å². The van der Waals surface area contributed by atoms with Crippen molar-refractivity contribution in [1.82, 2.24) is 4.72 Å². The van der Waals surface area contributed by atoms with Crippen LogP contribution in [0.5, 0.6) is 0 Å². The highest BCUT2D eigenvalue weighted by Gasteiger charge is 2.16. The van der Waals surface area contributed by atoms with Crippen LogP contribution >= 0.6 is 0 Å². The fourth-order valence-corrected chi connectivity index (χ4v) is 3.02. The number of benzene rings is 2. The van der Waals surface area contributed by atoms with E-state index < -0.39 is 15.3 Å². The first-order valence-electron chi connectivity index (χ1n) is 7.74. The second-order valence-corrected chi connectivity index (χ2v) is 8.41. The summed E-state index contributed by atoms with van der Waals surface area (Å²) < 4.78 is 26.3. The van der Waals surface area contributed by atoms with E-state index in [4.69, 9.17) is 5.73 Å². The quantitative estimate of drug-likeness (QED) is 0.797. The van der Waals surface area contributed by atoms with E-state index in [2.05, 4.69) is 4.72 Å². The van der Waals surface area contributed by atoms with Gasteiger partial charge in [0.1, 0.15) is 0 Å². The minimum Gasteiger partial charge on any atom is -0.399 e. The molecule has 0 spiro atoms. The molecule has 0 amide bonds. The summed E-state index contributed by atoms with van der Waals surface area (Å²) >= 11 is 0. The Bertz CT molecular complexity index is 736. The lowest BCUT2D eigenvalue weighted by Gasteiger charge is -2.15. The lowest BCUT2D eigenvalue weighted by Crippen LogP contribution is -2.33. The van der Waals surface area contributed by atoms with Gasteiger partial charge in [-0.15, -0.1) is 0 Å². The van der Waals surface area contributed by atoms with E-state index in [9.17, 15) is 8.42 Å². The van der Waals surface area contributed by atoms with E-state index >= 15 is 0 Å². The molecule has 0 bridgehead atoms. The van der Waals surface area contributed by atoms with Gasteiger partial charge in [0, 0.05) is 12.2 Å². The molecular weight excluding hydrogens is 308 g/mol. The van der Waals surface area contributed by atoms with Crippen LogP contribution in [-0.4, -0.2) is 20.2 Å². The Morgan fingerprint density at radius 1 is 0.913 bits per heavy atom. The molecule has 0 heterocycles. The Hall–Kier alpha value is -1.85. The number of nitrogens with two attached hydrogens (primary N) is 1. The van der Waals surface area contributed by atoms with Crippen LogP contribution in [0, 0.1) is 0 Å². The number of nitrogen functional groups attached to an aromatic ring is 1. The molecule has 0 radical (unpaired) electrons. The normalized spacial score (nSPS) is 13.2. The van der Waals surface area contributed by atoms with E-state index in [0.29, 0.717) is 6.54 Å². The molecule has 0 aliphatic carbocycles. The molecule has 2 rings (SSSR count). The van der Waals surface area contributed by atoms with Crippen molar-refractivity contribution in [3.63, 3.8) is 0 Å². The van der Waals surface area contributed by atoms with Crippen molar-refractivity contribution in [3.8, 4) is 11.1 Å². The Morgan fingerprint density at radius 2 is 1.39 bits per heavy atom. The van der Waals surface area contributed by atoms with Gasteiger partial charge in [-0.3, -0.25) is 0 Å². The smallest absolute Gasteiger partial charge is 0.213 e. The first-order valence-corrected chi connectivity index (χ1v) is 9.28. The average molecular weight is 332 g/mol. The molecule has 0 unspecified atom stereocenters. The second kappa shape index (κ2) is 7.15. The van der Waals surface area contributed by atoms with Gasteiger partial charge in [0.15, 0.2) is 0 Å². The molecule has 0 aliphatic heterocycles. The predicted molar refractivity (Wildman–Crippen MR) is 96.8 cm³/mol. The maximum absolute atomic E-state index is 11.8. The summed E-state index contributed by atoms with van der Waals surface area (Å²) in [6.45, 7) is 5.77. The summed E-state index contributed by atoms with van der Waals surface area (Å²) in [5.74, 6) is 0.115. The van der Waals surface area contributed by atoms with Crippen LogP contribution in [0.4, 0.5) is 5.69 Å². The minimum absolute atomic E-state index is 0.115. The Balaban J connectivity index is 2.05. The summed E-state index contributed by atoms with van der Waals surface area (Å²) in [5, 5.41) is -0.414. The third kappa shape index (κ3) is 4.56. The standard InChI is InChI=1S/C18H24N2O2S/c1-13(2)23(21,22)20-12-14(3)15-4-6-16(7-5-15)17-8-10-18(19)11-9-17/h4-11,13-14,20H,12,19H2,1-3H3/t14-/m1/s1. The van der Waals surface area contributed by atoms with Crippen LogP contribution in [0.1, 0.15) is 32.3 Å². The van der Waals surface area contributed by atoms with Gasteiger partial charge in [-0.1, -0.05) is 43.3 Å². The molecule has 2 aromatic carbocycles. The number of rotatable bonds is 6. The molecule has 1 atom stereocenters. The highest BCUT2D eigenvalue weighted by Crippen LogP contribution is 2.23. The van der Waals surface area contributed by atoms with Crippen molar-refractivity contribution < 1.29 is 8.42 Å². The Labute approximate surface area is 138 Å². The molecule has 0 fully saturated rings. The van der Waals surface area contributed by atoms with Crippen molar-refractivity contribution in [2.45, 2.75) is 31.9 Å². The topological polar surface area (TPSA) is 72.2 Å². The molecule has 3 N–H and O–H groups in total. The van der Waals surface area contributed by atoms with Crippen LogP contribution in [0.2, 0.25) is 0 Å². The number of hydrogen-bond donors (Lipinski definition) is 2. The molecule has 0 aliphatic rings. The number of nitrogens with one attached hydrogen (secondary N) is 1. The third-order valence-electron chi connectivity index (χ3n) is 3.94. The zero-order chi connectivity index (χ0) is 17.0. The lowest BCUT2D eigenvalue weighted by atomic mass is 9.97. The van der Waals surface area contributed by atoms with Gasteiger partial charge in [0.05, 0.1) is 5.25 Å². The third-order valence-corrected chi connectivity index (χ3v) is 5.75. The minimum atomic E-state index is -3.22. The zero-order valence-corrected chi connectivity index (χ0v) is 14.6. The Morgan fingerprint density at radius 3 is 1.87 bits per heavy atom. The van der Waals surface area contributed by atoms with Crippen molar-refractivity contribution in [2.75, 3.05) is 12.3 Å². The van der Waals surface area contributed by atoms with Crippen LogP contribution in [-0.2, 0) is 10.0 Å². The van der Waals surface area contributed by atoms with Gasteiger partial charge in [-0.2, -0.15) is 0 Å². The van der Waals surface area contributed by atoms with E-state index in [-0.39, 0.29) is 5.92 Å². The molecule has 0 saturated heterocycles. The van der Waals surface area contributed by atoms with Crippen LogP contribution in [0.15, 0.2) is 48.5 Å². The molecule has 5 heteroatoms. The molecule has 124 valence electrons. The molecule has 2 aromatic rings. The van der Waals surface area contributed by atoms with Gasteiger partial charge in [0.25, 0.3) is 0 Å². The Kier molecular flexibility index (Phi) is 5.44. The summed E-state index contributed by atoms with van der Waals surface area (Å²) in [6, 6.07) is 15.9. The second-order valence-electron chi connectivity index (χ2n) is 6.09. The molecule has 0 saturated carbocycles. The predicted octanol–water partition coefficient (Wildman–Crippen LogP) is 3.37. The van der Waals surface area contributed by atoms with Gasteiger partial charge in [0.2, 0.25) is 10.0 Å². The van der Waals surface area contributed by atoms with Crippen molar-refractivity contribution >= 4 is 15.7 Å². The van der Waals surface area contributed by atoms with Gasteiger partial charge >= 0.3 is 0 Å². The molecular formula is C18H24N2O2S. The molecule has 0 aromatic heterocycles. The summed E-state index contributed by atoms with van der Waals surface area (Å²) in [4.78, 5) is 0. The van der Waals surface area contributed by atoms with Gasteiger partial charge in [-0.25, -0.2) is 13.1 Å². The maximum atomic E-state index is 11.8. The first-order chi connectivity index (χ1) is 10.8. The first kappa shape index (κ1) is 17.5. The average Bonchev–Trinajstić information content (AvgIpc) is 2.53. The van der Waals surface area contributed by atoms with Crippen LogP contribution < -0.4 is 10.5 Å². The van der Waals surface area contributed by atoms with E-state index in [1.807, 2.05) is 55.5 Å². The summed E-state index contributed by atoms with van der Waals surface area (Å²) in [6.07, 6.45) is 0. The summed E-state index contributed by atoms with van der Waals surface area (Å²) in [5.41, 5.74) is 9.78. The van der Waals surface area contributed by atoms with Crippen LogP contribution in [0.25, 0.3) is 11.1 Å². The van der Waals surface area contributed by atoms with Crippen LogP contribution in [0.3, 0.4) is 0 Å².